The zero-order chi connectivity index (χ0) is 10.5. The van der Waals surface area contributed by atoms with E-state index >= 15 is 0 Å². The van der Waals surface area contributed by atoms with Crippen LogP contribution in [0.2, 0.25) is 0 Å². The van der Waals surface area contributed by atoms with Crippen LogP contribution >= 0.6 is 11.8 Å². The molecule has 2 rings (SSSR count). The van der Waals surface area contributed by atoms with E-state index in [4.69, 9.17) is 10.00 Å². The van der Waals surface area contributed by atoms with E-state index in [0.29, 0.717) is 11.4 Å². The molecule has 1 aliphatic rings. The maximum atomic E-state index is 8.73. The molecule has 1 saturated heterocycles. The third-order valence-corrected chi connectivity index (χ3v) is 3.37. The second-order valence-electron chi connectivity index (χ2n) is 3.42. The first kappa shape index (κ1) is 10.3. The Morgan fingerprint density at radius 1 is 1.47 bits per heavy atom. The maximum Gasteiger partial charge on any atom is 0.214 e. The standard InChI is InChI=1S/C11H12N2OS/c12-8-9-1-4-13-11(7-9)14-10-2-5-15-6-3-10/h1,4,7,10H,2-3,5-6H2. The predicted molar refractivity (Wildman–Crippen MR) is 59.9 cm³/mol. The number of rotatable bonds is 2. The van der Waals surface area contributed by atoms with E-state index in [2.05, 4.69) is 11.1 Å². The second-order valence-corrected chi connectivity index (χ2v) is 4.65. The highest BCUT2D eigenvalue weighted by Gasteiger charge is 2.15. The first-order valence-corrected chi connectivity index (χ1v) is 6.14. The molecule has 0 aromatic carbocycles. The Labute approximate surface area is 93.5 Å². The van der Waals surface area contributed by atoms with E-state index in [1.54, 1.807) is 18.3 Å². The summed E-state index contributed by atoms with van der Waals surface area (Å²) >= 11 is 1.96. The molecule has 78 valence electrons. The number of aromatic nitrogens is 1. The Hall–Kier alpha value is -1.21. The van der Waals surface area contributed by atoms with Crippen molar-refractivity contribution in [2.45, 2.75) is 18.9 Å². The number of pyridine rings is 1. The Kier molecular flexibility index (Phi) is 3.46. The van der Waals surface area contributed by atoms with Gasteiger partial charge in [0.1, 0.15) is 6.10 Å². The van der Waals surface area contributed by atoms with E-state index in [1.165, 1.54) is 0 Å². The van der Waals surface area contributed by atoms with Crippen LogP contribution < -0.4 is 4.74 Å². The van der Waals surface area contributed by atoms with Crippen LogP contribution in [0.25, 0.3) is 0 Å². The summed E-state index contributed by atoms with van der Waals surface area (Å²) in [6, 6.07) is 5.46. The SMILES string of the molecule is N#Cc1ccnc(OC2CCSCC2)c1. The van der Waals surface area contributed by atoms with Crippen molar-refractivity contribution in [1.29, 1.82) is 5.26 Å². The van der Waals surface area contributed by atoms with Gasteiger partial charge in [0.2, 0.25) is 5.88 Å². The van der Waals surface area contributed by atoms with E-state index < -0.39 is 0 Å². The summed E-state index contributed by atoms with van der Waals surface area (Å²) in [6.07, 6.45) is 4.03. The third kappa shape index (κ3) is 2.87. The van der Waals surface area contributed by atoms with Crippen molar-refractivity contribution >= 4 is 11.8 Å². The highest BCUT2D eigenvalue weighted by atomic mass is 32.2. The first-order valence-electron chi connectivity index (χ1n) is 4.99. The average Bonchev–Trinajstić information content (AvgIpc) is 2.31. The number of hydrogen-bond acceptors (Lipinski definition) is 4. The van der Waals surface area contributed by atoms with Gasteiger partial charge in [-0.2, -0.15) is 17.0 Å². The van der Waals surface area contributed by atoms with Gasteiger partial charge in [-0.05, 0) is 30.4 Å². The molecular formula is C11H12N2OS. The minimum absolute atomic E-state index is 0.271. The van der Waals surface area contributed by atoms with Crippen LogP contribution in [0, 0.1) is 11.3 Å². The van der Waals surface area contributed by atoms with Crippen LogP contribution in [0.1, 0.15) is 18.4 Å². The number of nitrogens with zero attached hydrogens (tertiary/aromatic N) is 2. The molecule has 1 aromatic heterocycles. The minimum atomic E-state index is 0.271. The number of thioether (sulfide) groups is 1. The van der Waals surface area contributed by atoms with Crippen molar-refractivity contribution < 1.29 is 4.74 Å². The summed E-state index contributed by atoms with van der Waals surface area (Å²) in [5.74, 6) is 2.89. The van der Waals surface area contributed by atoms with E-state index in [9.17, 15) is 0 Å². The van der Waals surface area contributed by atoms with Crippen molar-refractivity contribution in [1.82, 2.24) is 4.98 Å². The monoisotopic (exact) mass is 220 g/mol. The highest BCUT2D eigenvalue weighted by molar-refractivity contribution is 7.99. The van der Waals surface area contributed by atoms with Gasteiger partial charge in [-0.3, -0.25) is 0 Å². The van der Waals surface area contributed by atoms with Crippen LogP contribution in [-0.4, -0.2) is 22.6 Å². The Morgan fingerprint density at radius 3 is 3.00 bits per heavy atom. The van der Waals surface area contributed by atoms with Gasteiger partial charge in [-0.15, -0.1) is 0 Å². The van der Waals surface area contributed by atoms with E-state index in [-0.39, 0.29) is 6.10 Å². The molecule has 1 fully saturated rings. The zero-order valence-corrected chi connectivity index (χ0v) is 9.17. The van der Waals surface area contributed by atoms with Crippen molar-refractivity contribution in [3.05, 3.63) is 23.9 Å². The molecule has 0 bridgehead atoms. The number of nitriles is 1. The smallest absolute Gasteiger partial charge is 0.214 e. The predicted octanol–water partition coefficient (Wildman–Crippen LogP) is 2.23. The van der Waals surface area contributed by atoms with Crippen molar-refractivity contribution in [2.24, 2.45) is 0 Å². The normalized spacial score (nSPS) is 17.0. The molecule has 1 aromatic rings. The topological polar surface area (TPSA) is 45.9 Å². The van der Waals surface area contributed by atoms with E-state index in [0.717, 1.165) is 24.3 Å². The zero-order valence-electron chi connectivity index (χ0n) is 8.35. The van der Waals surface area contributed by atoms with Gasteiger partial charge in [-0.25, -0.2) is 4.98 Å². The lowest BCUT2D eigenvalue weighted by molar-refractivity contribution is 0.184. The van der Waals surface area contributed by atoms with Crippen LogP contribution in [-0.2, 0) is 0 Å². The molecular weight excluding hydrogens is 208 g/mol. The Balaban J connectivity index is 2.00. The lowest BCUT2D eigenvalue weighted by Gasteiger charge is -2.21. The molecule has 2 heterocycles. The van der Waals surface area contributed by atoms with Crippen LogP contribution in [0.15, 0.2) is 18.3 Å². The number of hydrogen-bond donors (Lipinski definition) is 0. The van der Waals surface area contributed by atoms with Crippen molar-refractivity contribution in [3.63, 3.8) is 0 Å². The molecule has 0 N–H and O–H groups in total. The van der Waals surface area contributed by atoms with Gasteiger partial charge >= 0.3 is 0 Å². The quantitative estimate of drug-likeness (QED) is 0.766. The summed E-state index contributed by atoms with van der Waals surface area (Å²) in [6.45, 7) is 0. The molecule has 0 spiro atoms. The van der Waals surface area contributed by atoms with Crippen molar-refractivity contribution in [3.8, 4) is 11.9 Å². The highest BCUT2D eigenvalue weighted by Crippen LogP contribution is 2.21. The average molecular weight is 220 g/mol. The van der Waals surface area contributed by atoms with Gasteiger partial charge in [0.25, 0.3) is 0 Å². The van der Waals surface area contributed by atoms with Gasteiger partial charge in [-0.1, -0.05) is 0 Å². The molecule has 4 heteroatoms. The maximum absolute atomic E-state index is 8.73. The molecule has 15 heavy (non-hydrogen) atoms. The van der Waals surface area contributed by atoms with Gasteiger partial charge in [0.05, 0.1) is 11.6 Å². The fourth-order valence-corrected chi connectivity index (χ4v) is 2.57. The first-order chi connectivity index (χ1) is 7.38. The second kappa shape index (κ2) is 5.04. The fraction of sp³-hybridized carbons (Fsp3) is 0.455. The van der Waals surface area contributed by atoms with Crippen LogP contribution in [0.4, 0.5) is 0 Å². The molecule has 0 aliphatic carbocycles. The Morgan fingerprint density at radius 2 is 2.27 bits per heavy atom. The fourth-order valence-electron chi connectivity index (χ4n) is 1.51. The lowest BCUT2D eigenvalue weighted by atomic mass is 10.2. The summed E-state index contributed by atoms with van der Waals surface area (Å²) in [7, 11) is 0. The minimum Gasteiger partial charge on any atom is -0.474 e. The summed E-state index contributed by atoms with van der Waals surface area (Å²) in [4.78, 5) is 4.10. The molecule has 0 radical (unpaired) electrons. The van der Waals surface area contributed by atoms with Crippen LogP contribution in [0.3, 0.4) is 0 Å². The lowest BCUT2D eigenvalue weighted by Crippen LogP contribution is -2.22. The molecule has 0 saturated carbocycles. The summed E-state index contributed by atoms with van der Waals surface area (Å²) in [5, 5.41) is 8.73. The van der Waals surface area contributed by atoms with E-state index in [1.807, 2.05) is 11.8 Å². The summed E-state index contributed by atoms with van der Waals surface area (Å²) in [5.41, 5.74) is 0.602. The molecule has 1 aliphatic heterocycles. The number of ether oxygens (including phenoxy) is 1. The van der Waals surface area contributed by atoms with Crippen LogP contribution in [0.5, 0.6) is 5.88 Å². The molecule has 0 atom stereocenters. The van der Waals surface area contributed by atoms with Gasteiger partial charge in [0.15, 0.2) is 0 Å². The Bertz CT molecular complexity index is 369. The van der Waals surface area contributed by atoms with Gasteiger partial charge in [0, 0.05) is 12.3 Å². The molecule has 3 nitrogen and oxygen atoms in total. The van der Waals surface area contributed by atoms with Gasteiger partial charge < -0.3 is 4.74 Å². The largest absolute Gasteiger partial charge is 0.474 e. The molecule has 0 unspecified atom stereocenters. The summed E-state index contributed by atoms with van der Waals surface area (Å²) < 4.78 is 5.72. The third-order valence-electron chi connectivity index (χ3n) is 2.32. The van der Waals surface area contributed by atoms with Crippen molar-refractivity contribution in [2.75, 3.05) is 11.5 Å². The molecule has 0 amide bonds.